The molecule has 0 atom stereocenters. The highest BCUT2D eigenvalue weighted by molar-refractivity contribution is 5.96. The fourth-order valence-electron chi connectivity index (χ4n) is 3.12. The van der Waals surface area contributed by atoms with Crippen LogP contribution in [0.5, 0.6) is 0 Å². The van der Waals surface area contributed by atoms with Gasteiger partial charge in [0, 0.05) is 24.2 Å². The van der Waals surface area contributed by atoms with Crippen molar-refractivity contribution in [1.82, 2.24) is 15.1 Å². The van der Waals surface area contributed by atoms with Gasteiger partial charge in [-0.3, -0.25) is 9.59 Å². The summed E-state index contributed by atoms with van der Waals surface area (Å²) in [6.07, 6.45) is 0. The van der Waals surface area contributed by atoms with Crippen LogP contribution in [-0.4, -0.2) is 21.6 Å². The first kappa shape index (κ1) is 22.1. The van der Waals surface area contributed by atoms with Crippen molar-refractivity contribution in [2.24, 2.45) is 5.92 Å². The molecular formula is C23H24F2N4O2. The largest absolute Gasteiger partial charge is 0.348 e. The van der Waals surface area contributed by atoms with E-state index in [1.54, 1.807) is 26.0 Å². The molecule has 0 fully saturated rings. The third-order valence-electron chi connectivity index (χ3n) is 4.86. The number of aryl methyl sites for hydroxylation is 1. The monoisotopic (exact) mass is 426 g/mol. The second-order valence-electron chi connectivity index (χ2n) is 7.58. The van der Waals surface area contributed by atoms with E-state index in [1.165, 1.54) is 10.7 Å². The third-order valence-corrected chi connectivity index (χ3v) is 4.86. The molecule has 0 unspecified atom stereocenters. The van der Waals surface area contributed by atoms with Crippen LogP contribution in [0.4, 0.5) is 14.5 Å². The van der Waals surface area contributed by atoms with Gasteiger partial charge in [0.2, 0.25) is 5.91 Å². The molecule has 2 N–H and O–H groups in total. The first-order valence-electron chi connectivity index (χ1n) is 9.87. The normalized spacial score (nSPS) is 10.9. The minimum atomic E-state index is -0.762. The predicted octanol–water partition coefficient (Wildman–Crippen LogP) is 4.29. The Morgan fingerprint density at radius 3 is 2.35 bits per heavy atom. The van der Waals surface area contributed by atoms with Crippen LogP contribution in [-0.2, 0) is 11.3 Å². The van der Waals surface area contributed by atoms with Crippen molar-refractivity contribution in [3.63, 3.8) is 0 Å². The van der Waals surface area contributed by atoms with E-state index in [0.717, 1.165) is 17.7 Å². The highest BCUT2D eigenvalue weighted by Crippen LogP contribution is 2.21. The number of nitrogens with zero attached hydrogens (tertiary/aromatic N) is 2. The third kappa shape index (κ3) is 4.96. The van der Waals surface area contributed by atoms with E-state index in [9.17, 15) is 18.4 Å². The number of anilines is 1. The SMILES string of the molecule is Cc1nn(-c2ccc(F)cc2F)c(C)c1C(=O)NCc1ccc(NC(=O)C(C)C)cc1. The van der Waals surface area contributed by atoms with Gasteiger partial charge in [0.05, 0.1) is 17.0 Å². The van der Waals surface area contributed by atoms with Gasteiger partial charge in [-0.25, -0.2) is 13.5 Å². The van der Waals surface area contributed by atoms with Gasteiger partial charge in [0.25, 0.3) is 5.91 Å². The molecule has 1 heterocycles. The van der Waals surface area contributed by atoms with E-state index >= 15 is 0 Å². The van der Waals surface area contributed by atoms with Crippen molar-refractivity contribution < 1.29 is 18.4 Å². The van der Waals surface area contributed by atoms with Crippen molar-refractivity contribution in [3.8, 4) is 5.69 Å². The van der Waals surface area contributed by atoms with E-state index in [1.807, 2.05) is 26.0 Å². The Morgan fingerprint density at radius 2 is 1.74 bits per heavy atom. The van der Waals surface area contributed by atoms with Gasteiger partial charge in [-0.1, -0.05) is 26.0 Å². The highest BCUT2D eigenvalue weighted by Gasteiger charge is 2.21. The van der Waals surface area contributed by atoms with Crippen molar-refractivity contribution in [2.75, 3.05) is 5.32 Å². The van der Waals surface area contributed by atoms with E-state index in [-0.39, 0.29) is 30.0 Å². The molecule has 0 saturated heterocycles. The number of carbonyl (C=O) groups excluding carboxylic acids is 2. The second kappa shape index (κ2) is 9.07. The lowest BCUT2D eigenvalue weighted by Gasteiger charge is -2.10. The van der Waals surface area contributed by atoms with Crippen LogP contribution >= 0.6 is 0 Å². The number of nitrogens with one attached hydrogen (secondary N) is 2. The maximum Gasteiger partial charge on any atom is 0.255 e. The molecule has 2 amide bonds. The number of carbonyl (C=O) groups is 2. The Kier molecular flexibility index (Phi) is 6.48. The number of halogens is 2. The van der Waals surface area contributed by atoms with Crippen LogP contribution in [0.2, 0.25) is 0 Å². The smallest absolute Gasteiger partial charge is 0.255 e. The van der Waals surface area contributed by atoms with Crippen LogP contribution in [0.1, 0.15) is 41.2 Å². The highest BCUT2D eigenvalue weighted by atomic mass is 19.1. The van der Waals surface area contributed by atoms with Gasteiger partial charge >= 0.3 is 0 Å². The zero-order valence-corrected chi connectivity index (χ0v) is 17.8. The summed E-state index contributed by atoms with van der Waals surface area (Å²) in [4.78, 5) is 24.5. The van der Waals surface area contributed by atoms with E-state index in [0.29, 0.717) is 22.6 Å². The Bertz CT molecular complexity index is 1120. The molecule has 6 nitrogen and oxygen atoms in total. The number of amides is 2. The lowest BCUT2D eigenvalue weighted by atomic mass is 10.1. The molecule has 3 aromatic rings. The summed E-state index contributed by atoms with van der Waals surface area (Å²) in [6.45, 7) is 7.22. The van der Waals surface area contributed by atoms with Crippen molar-refractivity contribution in [1.29, 1.82) is 0 Å². The van der Waals surface area contributed by atoms with E-state index in [2.05, 4.69) is 15.7 Å². The average Bonchev–Trinajstić information content (AvgIpc) is 3.01. The lowest BCUT2D eigenvalue weighted by Crippen LogP contribution is -2.24. The Balaban J connectivity index is 1.71. The Morgan fingerprint density at radius 1 is 1.06 bits per heavy atom. The van der Waals surface area contributed by atoms with Crippen molar-refractivity contribution in [3.05, 3.63) is 76.6 Å². The zero-order chi connectivity index (χ0) is 22.7. The molecule has 0 bridgehead atoms. The summed E-state index contributed by atoms with van der Waals surface area (Å²) in [6, 6.07) is 10.4. The minimum Gasteiger partial charge on any atom is -0.348 e. The van der Waals surface area contributed by atoms with Crippen LogP contribution in [0.25, 0.3) is 5.69 Å². The summed E-state index contributed by atoms with van der Waals surface area (Å²) in [7, 11) is 0. The number of hydrogen-bond donors (Lipinski definition) is 2. The Labute approximate surface area is 179 Å². The summed E-state index contributed by atoms with van der Waals surface area (Å²) >= 11 is 0. The molecule has 0 aliphatic heterocycles. The van der Waals surface area contributed by atoms with Crippen LogP contribution in [0.15, 0.2) is 42.5 Å². The first-order valence-corrected chi connectivity index (χ1v) is 9.87. The van der Waals surface area contributed by atoms with Gasteiger partial charge < -0.3 is 10.6 Å². The molecule has 8 heteroatoms. The fourth-order valence-corrected chi connectivity index (χ4v) is 3.12. The van der Waals surface area contributed by atoms with Gasteiger partial charge in [-0.2, -0.15) is 5.10 Å². The summed E-state index contributed by atoms with van der Waals surface area (Å²) < 4.78 is 28.7. The van der Waals surface area contributed by atoms with Gasteiger partial charge in [-0.05, 0) is 43.7 Å². The topological polar surface area (TPSA) is 76.0 Å². The molecule has 0 saturated carbocycles. The first-order chi connectivity index (χ1) is 14.7. The van der Waals surface area contributed by atoms with Gasteiger partial charge in [0.1, 0.15) is 11.5 Å². The standard InChI is InChI=1S/C23H24F2N4O2/c1-13(2)22(30)27-18-8-5-16(6-9-18)12-26-23(31)21-14(3)28-29(15(21)4)20-10-7-17(24)11-19(20)25/h5-11,13H,12H2,1-4H3,(H,26,31)(H,27,30). The molecule has 1 aromatic heterocycles. The molecule has 0 aliphatic carbocycles. The summed E-state index contributed by atoms with van der Waals surface area (Å²) in [5.41, 5.74) is 2.83. The predicted molar refractivity (Wildman–Crippen MR) is 114 cm³/mol. The number of rotatable bonds is 6. The maximum atomic E-state index is 14.2. The van der Waals surface area contributed by atoms with Crippen LogP contribution in [0, 0.1) is 31.4 Å². The van der Waals surface area contributed by atoms with E-state index < -0.39 is 11.6 Å². The van der Waals surface area contributed by atoms with Crippen LogP contribution in [0.3, 0.4) is 0 Å². The molecule has 2 aromatic carbocycles. The molecule has 0 spiro atoms. The van der Waals surface area contributed by atoms with Crippen LogP contribution < -0.4 is 10.6 Å². The molecule has 162 valence electrons. The summed E-state index contributed by atoms with van der Waals surface area (Å²) in [5.74, 6) is -1.98. The Hall–Kier alpha value is -3.55. The number of aromatic nitrogens is 2. The maximum absolute atomic E-state index is 14.2. The van der Waals surface area contributed by atoms with Gasteiger partial charge in [0.15, 0.2) is 5.82 Å². The second-order valence-corrected chi connectivity index (χ2v) is 7.58. The van der Waals surface area contributed by atoms with Crippen molar-refractivity contribution >= 4 is 17.5 Å². The number of benzene rings is 2. The number of hydrogen-bond acceptors (Lipinski definition) is 3. The molecule has 0 radical (unpaired) electrons. The molecular weight excluding hydrogens is 402 g/mol. The molecule has 31 heavy (non-hydrogen) atoms. The quantitative estimate of drug-likeness (QED) is 0.617. The average molecular weight is 426 g/mol. The van der Waals surface area contributed by atoms with Gasteiger partial charge in [-0.15, -0.1) is 0 Å². The van der Waals surface area contributed by atoms with Crippen molar-refractivity contribution in [2.45, 2.75) is 34.2 Å². The molecule has 3 rings (SSSR count). The van der Waals surface area contributed by atoms with E-state index in [4.69, 9.17) is 0 Å². The molecule has 0 aliphatic rings. The minimum absolute atomic E-state index is 0.0680. The zero-order valence-electron chi connectivity index (χ0n) is 17.8. The fraction of sp³-hybridized carbons (Fsp3) is 0.261. The summed E-state index contributed by atoms with van der Waals surface area (Å²) in [5, 5.41) is 9.89. The lowest BCUT2D eigenvalue weighted by molar-refractivity contribution is -0.118.